The number of fused-ring (bicyclic) bond motifs is 4. The van der Waals surface area contributed by atoms with E-state index in [0.717, 1.165) is 5.56 Å². The van der Waals surface area contributed by atoms with Gasteiger partial charge in [-0.2, -0.15) is 53.5 Å². The Morgan fingerprint density at radius 1 is 0.600 bits per heavy atom. The van der Waals surface area contributed by atoms with Crippen LogP contribution >= 0.6 is 0 Å². The van der Waals surface area contributed by atoms with Crippen molar-refractivity contribution in [2.24, 2.45) is 0 Å². The van der Waals surface area contributed by atoms with Crippen LogP contribution in [0.4, 0.5) is 22.7 Å². The van der Waals surface area contributed by atoms with Crippen molar-refractivity contribution < 1.29 is 44.4 Å². The van der Waals surface area contributed by atoms with E-state index < -0.39 is 90.0 Å². The van der Waals surface area contributed by atoms with Gasteiger partial charge >= 0.3 is 0 Å². The van der Waals surface area contributed by atoms with E-state index >= 15 is 0 Å². The van der Waals surface area contributed by atoms with Crippen LogP contribution in [0.15, 0.2) is 176 Å². The summed E-state index contributed by atoms with van der Waals surface area (Å²) in [5, 5.41) is 0.737. The predicted octanol–water partition coefficient (Wildman–Crippen LogP) is 14.1. The molecule has 10 rings (SSSR count). The monoisotopic (exact) mass is 973 g/mol. The second-order valence-corrected chi connectivity index (χ2v) is 15.7. The van der Waals surface area contributed by atoms with Gasteiger partial charge in [-0.05, 0) is 66.0 Å². The fourth-order valence-corrected chi connectivity index (χ4v) is 7.59. The molecule has 0 saturated carbocycles. The van der Waals surface area contributed by atoms with E-state index in [-0.39, 0.29) is 94.7 Å². The smallest absolute Gasteiger partial charge is 0.135 e. The summed E-state index contributed by atoms with van der Waals surface area (Å²) in [5.74, 6) is 0.390. The van der Waals surface area contributed by atoms with Gasteiger partial charge in [0.05, 0.1) is 19.2 Å². The van der Waals surface area contributed by atoms with Gasteiger partial charge in [0.2, 0.25) is 0 Å². The Labute approximate surface area is 391 Å². The van der Waals surface area contributed by atoms with Crippen molar-refractivity contribution in [3.63, 3.8) is 0 Å². The normalized spacial score (nSPS) is 16.8. The molecule has 0 amide bonds. The molecule has 3 heterocycles. The molecule has 0 atom stereocenters. The van der Waals surface area contributed by atoms with Crippen LogP contribution in [0.3, 0.4) is 0 Å². The first kappa shape index (κ1) is 24.1. The molecule has 0 saturated heterocycles. The molecule has 298 valence electrons. The molecule has 2 aromatic heterocycles. The minimum atomic E-state index is -1.24. The van der Waals surface area contributed by atoms with Crippen LogP contribution in [0, 0.1) is 18.8 Å². The summed E-state index contributed by atoms with van der Waals surface area (Å²) in [5.41, 5.74) is 1.08. The third-order valence-electron chi connectivity index (χ3n) is 10.7. The second kappa shape index (κ2) is 15.4. The van der Waals surface area contributed by atoms with E-state index in [4.69, 9.17) is 24.2 Å². The maximum absolute atomic E-state index is 9.43. The predicted molar refractivity (Wildman–Crippen MR) is 246 cm³/mol. The number of nitrogens with zero attached hydrogens (tertiary/aromatic N) is 4. The molecule has 0 aliphatic carbocycles. The first-order valence-corrected chi connectivity index (χ1v) is 19.0. The third-order valence-corrected chi connectivity index (χ3v) is 10.7. The van der Waals surface area contributed by atoms with Crippen molar-refractivity contribution in [3.05, 3.63) is 211 Å². The summed E-state index contributed by atoms with van der Waals surface area (Å²) in [6.45, 7) is 11.3. The largest absolute Gasteiger partial charge is 0.493 e. The van der Waals surface area contributed by atoms with Gasteiger partial charge in [-0.15, -0.1) is 17.7 Å². The molecular formula is C55H45N4Pt-3. The summed E-state index contributed by atoms with van der Waals surface area (Å²) in [6, 6.07) is 17.0. The number of anilines is 4. The van der Waals surface area contributed by atoms with Crippen molar-refractivity contribution in [2.45, 2.75) is 45.4 Å². The number of benzene rings is 7. The zero-order chi connectivity index (χ0) is 55.1. The van der Waals surface area contributed by atoms with E-state index in [1.807, 2.05) is 32.9 Å². The Kier molecular flexibility index (Phi) is 6.21. The molecule has 0 radical (unpaired) electrons. The number of para-hydroxylation sites is 4. The summed E-state index contributed by atoms with van der Waals surface area (Å²) in [7, 11) is 0. The van der Waals surface area contributed by atoms with Crippen molar-refractivity contribution in [3.8, 4) is 28.1 Å². The van der Waals surface area contributed by atoms with Crippen LogP contribution in [0.25, 0.3) is 49.9 Å². The van der Waals surface area contributed by atoms with Crippen molar-refractivity contribution >= 4 is 44.6 Å². The van der Waals surface area contributed by atoms with Crippen LogP contribution in [-0.4, -0.2) is 9.55 Å². The van der Waals surface area contributed by atoms with E-state index in [0.29, 0.717) is 33.7 Å². The Morgan fingerprint density at radius 3 is 1.93 bits per heavy atom. The Bertz CT molecular complexity index is 3850. The maximum Gasteiger partial charge on any atom is 0.135 e. The Morgan fingerprint density at radius 2 is 1.25 bits per heavy atom. The fourth-order valence-electron chi connectivity index (χ4n) is 7.59. The Hall–Kier alpha value is -6.22. The zero-order valence-corrected chi connectivity index (χ0v) is 35.4. The SMILES string of the molecule is [2H]c1c(N2[CH-]N(c3c(-c4c([2H])c([2H])c([2H])c([2H])c4[2H])cccc3-c3c([2H])c([2H])c([2H])c([2H])c3[2H])c3ccccc32)[c-]c(C(C)(C)c2[c-]c3c(cc2)c2c([2H])c([2H])c([2H])c([2H])c2n3-c2cc(C(C)(C)C)ccn2)c([2H])c1[2H].[Pt]. The van der Waals surface area contributed by atoms with Crippen LogP contribution in [-0.2, 0) is 31.9 Å². The number of rotatable bonds is 7. The molecule has 4 nitrogen and oxygen atoms in total. The van der Waals surface area contributed by atoms with E-state index in [1.165, 1.54) is 24.9 Å². The van der Waals surface area contributed by atoms with Gasteiger partial charge in [-0.3, -0.25) is 0 Å². The first-order chi connectivity index (χ1) is 35.7. The average molecular weight is 974 g/mol. The van der Waals surface area contributed by atoms with Crippen molar-refractivity contribution in [1.82, 2.24) is 9.55 Å². The maximum atomic E-state index is 9.43. The van der Waals surface area contributed by atoms with Crippen molar-refractivity contribution in [2.75, 3.05) is 9.80 Å². The minimum Gasteiger partial charge on any atom is -0.493 e. The standard InChI is InChI=1S/C55H45N4.Pt/c1-54(2,3)40-32-33-56-52(36-40)59-48-27-13-12-24-46(48)47-31-30-42(35-51(47)59)55(4,5)41-22-16-23-43(34-41)57-37-58(50-29-15-14-28-49(50)57)53-44(38-18-8-6-9-19-38)25-17-26-45(53)39-20-10-7-11-21-39;/h6-33,36-37H,1-5H3;/q-3;/i6D,7D,8D,9D,10D,11D,12D,13D,16D,18D,19D,20D,21D,22D,23D,24D,27D;. The van der Waals surface area contributed by atoms with Gasteiger partial charge in [0, 0.05) is 62.3 Å². The molecule has 0 spiro atoms. The average Bonchev–Trinajstić information content (AvgIpc) is 3.96. The molecule has 9 aromatic rings. The van der Waals surface area contributed by atoms with E-state index in [9.17, 15) is 4.11 Å². The van der Waals surface area contributed by atoms with Crippen molar-refractivity contribution in [1.29, 1.82) is 0 Å². The van der Waals surface area contributed by atoms with Gasteiger partial charge in [-0.25, -0.2) is 4.98 Å². The molecule has 0 bridgehead atoms. The zero-order valence-electron chi connectivity index (χ0n) is 50.1. The molecule has 60 heavy (non-hydrogen) atoms. The summed E-state index contributed by atoms with van der Waals surface area (Å²) in [4.78, 5) is 7.83. The summed E-state index contributed by atoms with van der Waals surface area (Å²) in [6.07, 6.45) is 1.65. The van der Waals surface area contributed by atoms with E-state index in [1.54, 1.807) is 70.8 Å². The van der Waals surface area contributed by atoms with E-state index in [2.05, 4.69) is 12.1 Å². The van der Waals surface area contributed by atoms with Gasteiger partial charge < -0.3 is 14.4 Å². The van der Waals surface area contributed by atoms with Gasteiger partial charge in [-0.1, -0.05) is 149 Å². The molecule has 0 unspecified atom stereocenters. The molecule has 1 aliphatic rings. The molecule has 7 aromatic carbocycles. The minimum absolute atomic E-state index is 0. The summed E-state index contributed by atoms with van der Waals surface area (Å²) >= 11 is 0. The number of hydrogen-bond donors (Lipinski definition) is 0. The second-order valence-electron chi connectivity index (χ2n) is 15.7. The number of hydrogen-bond acceptors (Lipinski definition) is 3. The van der Waals surface area contributed by atoms with Gasteiger partial charge in [0.25, 0.3) is 0 Å². The molecular weight excluding hydrogens is 912 g/mol. The molecule has 0 N–H and O–H groups in total. The van der Waals surface area contributed by atoms with Crippen LogP contribution in [0.1, 0.15) is 74.6 Å². The Balaban J connectivity index is 0.00000722. The first-order valence-electron chi connectivity index (χ1n) is 27.5. The molecule has 5 heteroatoms. The molecule has 1 aliphatic heterocycles. The summed E-state index contributed by atoms with van der Waals surface area (Å²) < 4.78 is 153. The molecule has 0 fully saturated rings. The van der Waals surface area contributed by atoms with Crippen LogP contribution < -0.4 is 9.80 Å². The number of aromatic nitrogens is 2. The topological polar surface area (TPSA) is 24.3 Å². The fraction of sp³-hybridized carbons (Fsp3) is 0.127. The third kappa shape index (κ3) is 6.74. The number of pyridine rings is 1. The van der Waals surface area contributed by atoms with Gasteiger partial charge in [0.15, 0.2) is 0 Å². The van der Waals surface area contributed by atoms with Crippen LogP contribution in [0.5, 0.6) is 0 Å². The quantitative estimate of drug-likeness (QED) is 0.149. The van der Waals surface area contributed by atoms with Gasteiger partial charge in [0.1, 0.15) is 5.82 Å². The van der Waals surface area contributed by atoms with Crippen LogP contribution in [0.2, 0.25) is 0 Å².